The van der Waals surface area contributed by atoms with Crippen molar-refractivity contribution in [3.8, 4) is 0 Å². The molecule has 1 aromatic carbocycles. The number of aromatic nitrogens is 2. The Kier molecular flexibility index (Phi) is 5.55. The summed E-state index contributed by atoms with van der Waals surface area (Å²) in [6.07, 6.45) is 0. The van der Waals surface area contributed by atoms with Crippen molar-refractivity contribution in [1.82, 2.24) is 20.0 Å². The molecule has 0 saturated carbocycles. The molecular weight excluding hydrogens is 292 g/mol. The van der Waals surface area contributed by atoms with Gasteiger partial charge in [-0.3, -0.25) is 4.68 Å². The van der Waals surface area contributed by atoms with Crippen LogP contribution in [0.5, 0.6) is 0 Å². The second kappa shape index (κ2) is 7.40. The molecule has 118 valence electrons. The van der Waals surface area contributed by atoms with Crippen LogP contribution in [0.25, 0.3) is 0 Å². The Bertz CT molecular complexity index is 634. The first kappa shape index (κ1) is 16.5. The molecule has 2 aromatic rings. The molecule has 0 fully saturated rings. The van der Waals surface area contributed by atoms with Crippen LogP contribution in [0.4, 0.5) is 0 Å². The molecule has 0 spiro atoms. The summed E-state index contributed by atoms with van der Waals surface area (Å²) in [6.45, 7) is 8.70. The predicted octanol–water partition coefficient (Wildman–Crippen LogP) is 3.03. The van der Waals surface area contributed by atoms with Gasteiger partial charge in [-0.15, -0.1) is 0 Å². The largest absolute Gasteiger partial charge is 0.358 e. The van der Waals surface area contributed by atoms with E-state index in [4.69, 9.17) is 12.2 Å². The lowest BCUT2D eigenvalue weighted by atomic mass is 10.2. The summed E-state index contributed by atoms with van der Waals surface area (Å²) in [5, 5.41) is 8.63. The van der Waals surface area contributed by atoms with Crippen LogP contribution in [-0.2, 0) is 19.6 Å². The molecule has 1 N–H and O–H groups in total. The van der Waals surface area contributed by atoms with Gasteiger partial charge in [0, 0.05) is 37.9 Å². The number of nitrogens with one attached hydrogen (secondary N) is 1. The second-order valence-corrected chi connectivity index (χ2v) is 5.85. The summed E-state index contributed by atoms with van der Waals surface area (Å²) in [4.78, 5) is 2.06. The van der Waals surface area contributed by atoms with E-state index in [1.165, 1.54) is 16.8 Å². The zero-order valence-corrected chi connectivity index (χ0v) is 14.6. The normalized spacial score (nSPS) is 10.5. The van der Waals surface area contributed by atoms with Crippen molar-refractivity contribution in [2.45, 2.75) is 40.4 Å². The van der Waals surface area contributed by atoms with Crippen LogP contribution >= 0.6 is 12.2 Å². The maximum Gasteiger partial charge on any atom is 0.169 e. The number of benzene rings is 1. The number of hydrogen-bond acceptors (Lipinski definition) is 2. The fourth-order valence-corrected chi connectivity index (χ4v) is 2.62. The molecule has 0 aliphatic carbocycles. The van der Waals surface area contributed by atoms with Gasteiger partial charge in [-0.2, -0.15) is 5.10 Å². The smallest absolute Gasteiger partial charge is 0.169 e. The molecule has 0 saturated heterocycles. The Morgan fingerprint density at radius 1 is 1.27 bits per heavy atom. The Balaban J connectivity index is 1.95. The SMILES string of the molecule is CCn1nc(C)c(CN(C)C(=S)NCc2ccccc2)c1C. The van der Waals surface area contributed by atoms with E-state index in [1.807, 2.05) is 29.9 Å². The molecule has 1 aromatic heterocycles. The molecule has 0 unspecified atom stereocenters. The van der Waals surface area contributed by atoms with Crippen LogP contribution in [0.1, 0.15) is 29.4 Å². The van der Waals surface area contributed by atoms with E-state index in [0.717, 1.165) is 30.4 Å². The monoisotopic (exact) mass is 316 g/mol. The van der Waals surface area contributed by atoms with Crippen molar-refractivity contribution >= 4 is 17.3 Å². The second-order valence-electron chi connectivity index (χ2n) is 5.47. The maximum absolute atomic E-state index is 5.48. The third kappa shape index (κ3) is 3.85. The number of hydrogen-bond donors (Lipinski definition) is 1. The minimum absolute atomic E-state index is 0.746. The van der Waals surface area contributed by atoms with Gasteiger partial charge in [-0.1, -0.05) is 30.3 Å². The molecule has 0 bridgehead atoms. The molecule has 5 heteroatoms. The van der Waals surface area contributed by atoms with E-state index in [0.29, 0.717) is 0 Å². The summed E-state index contributed by atoms with van der Waals surface area (Å²) < 4.78 is 2.04. The molecule has 0 aliphatic rings. The highest BCUT2D eigenvalue weighted by molar-refractivity contribution is 7.80. The first-order valence-corrected chi connectivity index (χ1v) is 7.99. The van der Waals surface area contributed by atoms with Crippen LogP contribution in [0.2, 0.25) is 0 Å². The Hall–Kier alpha value is -1.88. The van der Waals surface area contributed by atoms with Crippen molar-refractivity contribution in [2.75, 3.05) is 7.05 Å². The fourth-order valence-electron chi connectivity index (χ4n) is 2.49. The van der Waals surface area contributed by atoms with Crippen molar-refractivity contribution in [3.63, 3.8) is 0 Å². The Morgan fingerprint density at radius 3 is 2.55 bits per heavy atom. The van der Waals surface area contributed by atoms with Crippen molar-refractivity contribution in [3.05, 3.63) is 52.8 Å². The van der Waals surface area contributed by atoms with Gasteiger partial charge in [-0.05, 0) is 38.6 Å². The molecule has 0 aliphatic heterocycles. The van der Waals surface area contributed by atoms with Gasteiger partial charge in [0.05, 0.1) is 5.69 Å². The van der Waals surface area contributed by atoms with Crippen molar-refractivity contribution in [2.24, 2.45) is 0 Å². The lowest BCUT2D eigenvalue weighted by Gasteiger charge is -2.21. The van der Waals surface area contributed by atoms with Gasteiger partial charge in [-0.25, -0.2) is 0 Å². The lowest BCUT2D eigenvalue weighted by molar-refractivity contribution is 0.485. The third-order valence-corrected chi connectivity index (χ3v) is 4.32. The Morgan fingerprint density at radius 2 is 1.95 bits per heavy atom. The summed E-state index contributed by atoms with van der Waals surface area (Å²) in [5.74, 6) is 0. The molecule has 0 radical (unpaired) electrons. The first-order valence-electron chi connectivity index (χ1n) is 7.58. The van der Waals surface area contributed by atoms with Crippen LogP contribution in [0.15, 0.2) is 30.3 Å². The standard InChI is InChI=1S/C17H24N4S/c1-5-21-14(3)16(13(2)19-21)12-20(4)17(22)18-11-15-9-7-6-8-10-15/h6-10H,5,11-12H2,1-4H3,(H,18,22). The zero-order valence-electron chi connectivity index (χ0n) is 13.8. The van der Waals surface area contributed by atoms with E-state index in [2.05, 4.69) is 48.2 Å². The van der Waals surface area contributed by atoms with Gasteiger partial charge < -0.3 is 10.2 Å². The van der Waals surface area contributed by atoms with Gasteiger partial charge in [0.15, 0.2) is 5.11 Å². The van der Waals surface area contributed by atoms with E-state index in [-0.39, 0.29) is 0 Å². The number of rotatable bonds is 5. The molecule has 0 atom stereocenters. The van der Waals surface area contributed by atoms with Gasteiger partial charge in [0.2, 0.25) is 0 Å². The summed E-state index contributed by atoms with van der Waals surface area (Å²) in [5.41, 5.74) is 4.78. The average Bonchev–Trinajstić information content (AvgIpc) is 2.80. The highest BCUT2D eigenvalue weighted by Crippen LogP contribution is 2.15. The molecule has 22 heavy (non-hydrogen) atoms. The topological polar surface area (TPSA) is 33.1 Å². The summed E-state index contributed by atoms with van der Waals surface area (Å²) in [6, 6.07) is 10.3. The van der Waals surface area contributed by atoms with Gasteiger partial charge in [0.25, 0.3) is 0 Å². The molecule has 1 heterocycles. The zero-order chi connectivity index (χ0) is 16.1. The van der Waals surface area contributed by atoms with Gasteiger partial charge in [0.1, 0.15) is 0 Å². The van der Waals surface area contributed by atoms with Crippen molar-refractivity contribution in [1.29, 1.82) is 0 Å². The predicted molar refractivity (Wildman–Crippen MR) is 94.7 cm³/mol. The van der Waals surface area contributed by atoms with Crippen LogP contribution in [0.3, 0.4) is 0 Å². The maximum atomic E-state index is 5.48. The molecular formula is C17H24N4S. The number of aryl methyl sites for hydroxylation is 2. The lowest BCUT2D eigenvalue weighted by Crippen LogP contribution is -2.36. The highest BCUT2D eigenvalue weighted by Gasteiger charge is 2.14. The molecule has 2 rings (SSSR count). The minimum Gasteiger partial charge on any atom is -0.358 e. The van der Waals surface area contributed by atoms with Crippen LogP contribution < -0.4 is 5.32 Å². The highest BCUT2D eigenvalue weighted by atomic mass is 32.1. The van der Waals surface area contributed by atoms with Crippen LogP contribution in [-0.4, -0.2) is 26.8 Å². The van der Waals surface area contributed by atoms with Gasteiger partial charge >= 0.3 is 0 Å². The minimum atomic E-state index is 0.746. The average molecular weight is 316 g/mol. The number of nitrogens with zero attached hydrogens (tertiary/aromatic N) is 3. The van der Waals surface area contributed by atoms with E-state index >= 15 is 0 Å². The summed E-state index contributed by atoms with van der Waals surface area (Å²) >= 11 is 5.48. The quantitative estimate of drug-likeness (QED) is 0.860. The van der Waals surface area contributed by atoms with E-state index < -0.39 is 0 Å². The van der Waals surface area contributed by atoms with E-state index in [1.54, 1.807) is 0 Å². The van der Waals surface area contributed by atoms with E-state index in [9.17, 15) is 0 Å². The Labute approximate surface area is 138 Å². The number of thiocarbonyl (C=S) groups is 1. The first-order chi connectivity index (χ1) is 10.5. The fraction of sp³-hybridized carbons (Fsp3) is 0.412. The third-order valence-electron chi connectivity index (χ3n) is 3.86. The molecule has 0 amide bonds. The van der Waals surface area contributed by atoms with Crippen LogP contribution in [0, 0.1) is 13.8 Å². The van der Waals surface area contributed by atoms with Crippen molar-refractivity contribution < 1.29 is 0 Å². The molecule has 4 nitrogen and oxygen atoms in total. The summed E-state index contributed by atoms with van der Waals surface area (Å²) in [7, 11) is 2.02.